The fourth-order valence-electron chi connectivity index (χ4n) is 1.85. The van der Waals surface area contributed by atoms with Crippen molar-refractivity contribution in [1.29, 1.82) is 0 Å². The van der Waals surface area contributed by atoms with Crippen LogP contribution in [0.4, 0.5) is 8.78 Å². The Morgan fingerprint density at radius 2 is 1.79 bits per heavy atom. The highest BCUT2D eigenvalue weighted by atomic mass is 79.9. The van der Waals surface area contributed by atoms with Crippen molar-refractivity contribution in [1.82, 2.24) is 14.8 Å². The third kappa shape index (κ3) is 2.68. The van der Waals surface area contributed by atoms with Crippen LogP contribution < -0.4 is 0 Å². The van der Waals surface area contributed by atoms with Crippen molar-refractivity contribution in [2.45, 2.75) is 32.0 Å². The van der Waals surface area contributed by atoms with Crippen molar-refractivity contribution in [3.8, 4) is 5.69 Å². The maximum Gasteiger partial charge on any atom is 0.152 e. The normalized spacial score (nSPS) is 11.0. The van der Waals surface area contributed by atoms with Crippen molar-refractivity contribution in [2.24, 2.45) is 0 Å². The zero-order chi connectivity index (χ0) is 14.0. The van der Waals surface area contributed by atoms with Gasteiger partial charge in [-0.05, 0) is 17.7 Å². The molecule has 0 aliphatic heterocycles. The van der Waals surface area contributed by atoms with Gasteiger partial charge in [-0.15, -0.1) is 0 Å². The third-order valence-corrected chi connectivity index (χ3v) is 3.44. The molecule has 0 aliphatic rings. The van der Waals surface area contributed by atoms with E-state index in [0.717, 1.165) is 0 Å². The molecule has 1 aromatic carbocycles. The molecule has 3 nitrogen and oxygen atoms in total. The summed E-state index contributed by atoms with van der Waals surface area (Å²) in [5, 5.41) is 4.56. The van der Waals surface area contributed by atoms with Crippen molar-refractivity contribution >= 4 is 15.9 Å². The molecule has 2 rings (SSSR count). The van der Waals surface area contributed by atoms with Crippen molar-refractivity contribution in [3.63, 3.8) is 0 Å². The Bertz CT molecular complexity index is 573. The summed E-state index contributed by atoms with van der Waals surface area (Å²) < 4.78 is 29.4. The second-order valence-corrected chi connectivity index (χ2v) is 4.67. The van der Waals surface area contributed by atoms with E-state index in [1.54, 1.807) is 0 Å². The molecule has 0 bridgehead atoms. The quantitative estimate of drug-likeness (QED) is 0.803. The fourth-order valence-corrected chi connectivity index (χ4v) is 2.17. The largest absolute Gasteiger partial charge is 0.216 e. The Balaban J connectivity index is 2.61. The van der Waals surface area contributed by atoms with Gasteiger partial charge >= 0.3 is 0 Å². The van der Waals surface area contributed by atoms with Crippen LogP contribution in [-0.4, -0.2) is 14.8 Å². The van der Waals surface area contributed by atoms with Crippen LogP contribution >= 0.6 is 15.9 Å². The molecule has 0 saturated heterocycles. The fraction of sp³-hybridized carbons (Fsp3) is 0.385. The number of hydrogen-bond acceptors (Lipinski definition) is 2. The van der Waals surface area contributed by atoms with Crippen molar-refractivity contribution in [2.75, 3.05) is 0 Å². The first-order chi connectivity index (χ1) is 9.10. The van der Waals surface area contributed by atoms with Gasteiger partial charge < -0.3 is 0 Å². The highest BCUT2D eigenvalue weighted by Gasteiger charge is 2.18. The molecule has 0 unspecified atom stereocenters. The van der Waals surface area contributed by atoms with Gasteiger partial charge in [0.1, 0.15) is 11.5 Å². The summed E-state index contributed by atoms with van der Waals surface area (Å²) in [5.74, 6) is -0.116. The lowest BCUT2D eigenvalue weighted by Gasteiger charge is -2.08. The van der Waals surface area contributed by atoms with E-state index in [4.69, 9.17) is 0 Å². The van der Waals surface area contributed by atoms with Crippen LogP contribution in [-0.2, 0) is 18.2 Å². The van der Waals surface area contributed by atoms with E-state index < -0.39 is 11.6 Å². The molecule has 0 amide bonds. The van der Waals surface area contributed by atoms with E-state index >= 15 is 0 Å². The second-order valence-electron chi connectivity index (χ2n) is 4.10. The number of aryl methyl sites for hydroxylation is 2. The molecule has 0 fully saturated rings. The molecule has 0 saturated carbocycles. The first kappa shape index (κ1) is 14.1. The summed E-state index contributed by atoms with van der Waals surface area (Å²) in [6.45, 7) is 3.78. The number of alkyl halides is 1. The molecular weight excluding hydrogens is 316 g/mol. The Morgan fingerprint density at radius 3 is 2.26 bits per heavy atom. The minimum Gasteiger partial charge on any atom is -0.216 e. The maximum absolute atomic E-state index is 14.1. The predicted octanol–water partition coefficient (Wildman–Crippen LogP) is 3.57. The van der Waals surface area contributed by atoms with Gasteiger partial charge in [-0.3, -0.25) is 0 Å². The minimum absolute atomic E-state index is 0.159. The van der Waals surface area contributed by atoms with E-state index in [2.05, 4.69) is 26.0 Å². The smallest absolute Gasteiger partial charge is 0.152 e. The third-order valence-electron chi connectivity index (χ3n) is 2.79. The monoisotopic (exact) mass is 329 g/mol. The molecular formula is C13H14BrF2N3. The number of halogens is 3. The van der Waals surface area contributed by atoms with E-state index in [1.165, 1.54) is 16.8 Å². The zero-order valence-electron chi connectivity index (χ0n) is 10.8. The van der Waals surface area contributed by atoms with Crippen LogP contribution in [0.25, 0.3) is 5.69 Å². The minimum atomic E-state index is -0.628. The van der Waals surface area contributed by atoms with Gasteiger partial charge in [0.15, 0.2) is 17.5 Å². The Labute approximate surface area is 118 Å². The van der Waals surface area contributed by atoms with Gasteiger partial charge in [0.25, 0.3) is 0 Å². The Morgan fingerprint density at radius 1 is 1.16 bits per heavy atom. The summed E-state index contributed by atoms with van der Waals surface area (Å²) in [7, 11) is 0. The summed E-state index contributed by atoms with van der Waals surface area (Å²) >= 11 is 3.18. The second kappa shape index (κ2) is 5.77. The van der Waals surface area contributed by atoms with Gasteiger partial charge in [0.2, 0.25) is 0 Å². The average molecular weight is 330 g/mol. The highest BCUT2D eigenvalue weighted by molar-refractivity contribution is 9.08. The number of nitrogens with zero attached hydrogens (tertiary/aromatic N) is 3. The van der Waals surface area contributed by atoms with Gasteiger partial charge in [-0.2, -0.15) is 5.10 Å². The molecule has 1 heterocycles. The molecule has 1 aromatic heterocycles. The lowest BCUT2D eigenvalue weighted by molar-refractivity contribution is 0.552. The van der Waals surface area contributed by atoms with E-state index in [1.807, 2.05) is 13.8 Å². The van der Waals surface area contributed by atoms with Crippen molar-refractivity contribution < 1.29 is 8.78 Å². The van der Waals surface area contributed by atoms with Gasteiger partial charge in [0, 0.05) is 18.2 Å². The summed E-state index contributed by atoms with van der Waals surface area (Å²) in [5.41, 5.74) is 0.390. The molecule has 0 spiro atoms. The topological polar surface area (TPSA) is 30.7 Å². The van der Waals surface area contributed by atoms with E-state index in [0.29, 0.717) is 35.4 Å². The number of hydrogen-bond donors (Lipinski definition) is 0. The van der Waals surface area contributed by atoms with Gasteiger partial charge in [0.05, 0.1) is 0 Å². The molecule has 0 radical (unpaired) electrons. The van der Waals surface area contributed by atoms with Crippen LogP contribution in [0.15, 0.2) is 12.1 Å². The van der Waals surface area contributed by atoms with Gasteiger partial charge in [-0.25, -0.2) is 18.4 Å². The molecule has 0 atom stereocenters. The first-order valence-corrected chi connectivity index (χ1v) is 7.21. The van der Waals surface area contributed by atoms with Crippen molar-refractivity contribution in [3.05, 3.63) is 41.0 Å². The van der Waals surface area contributed by atoms with Crippen LogP contribution in [0.1, 0.15) is 31.1 Å². The number of benzene rings is 1. The average Bonchev–Trinajstić information content (AvgIpc) is 2.81. The lowest BCUT2D eigenvalue weighted by atomic mass is 10.2. The SMILES string of the molecule is CCc1nc(CC)n(-c2c(F)cc(CBr)cc2F)n1. The van der Waals surface area contributed by atoms with Crippen LogP contribution in [0.2, 0.25) is 0 Å². The van der Waals surface area contributed by atoms with Crippen LogP contribution in [0, 0.1) is 11.6 Å². The number of aromatic nitrogens is 3. The first-order valence-electron chi connectivity index (χ1n) is 6.09. The Kier molecular flexibility index (Phi) is 4.29. The molecule has 0 aliphatic carbocycles. The van der Waals surface area contributed by atoms with Crippen LogP contribution in [0.3, 0.4) is 0 Å². The molecule has 102 valence electrons. The standard InChI is InChI=1S/C13H14BrF2N3/c1-3-11-17-12(4-2)19(18-11)13-9(15)5-8(7-14)6-10(13)16/h5-6H,3-4,7H2,1-2H3. The molecule has 0 N–H and O–H groups in total. The number of rotatable bonds is 4. The predicted molar refractivity (Wildman–Crippen MR) is 72.7 cm³/mol. The lowest BCUT2D eigenvalue weighted by Crippen LogP contribution is -2.08. The summed E-state index contributed by atoms with van der Waals surface area (Å²) in [6, 6.07) is 2.61. The summed E-state index contributed by atoms with van der Waals surface area (Å²) in [4.78, 5) is 4.26. The molecule has 2 aromatic rings. The van der Waals surface area contributed by atoms with E-state index in [-0.39, 0.29) is 5.69 Å². The Hall–Kier alpha value is -1.30. The molecule has 6 heteroatoms. The van der Waals surface area contributed by atoms with E-state index in [9.17, 15) is 8.78 Å². The summed E-state index contributed by atoms with van der Waals surface area (Å²) in [6.07, 6.45) is 1.19. The zero-order valence-corrected chi connectivity index (χ0v) is 12.3. The van der Waals surface area contributed by atoms with Crippen LogP contribution in [0.5, 0.6) is 0 Å². The highest BCUT2D eigenvalue weighted by Crippen LogP contribution is 2.22. The molecule has 19 heavy (non-hydrogen) atoms. The maximum atomic E-state index is 14.1. The van der Waals surface area contributed by atoms with Gasteiger partial charge in [-0.1, -0.05) is 29.8 Å².